The molecule has 0 unspecified atom stereocenters. The van der Waals surface area contributed by atoms with Gasteiger partial charge in [-0.15, -0.1) is 0 Å². The number of carbonyl (C=O) groups is 2. The van der Waals surface area contributed by atoms with Gasteiger partial charge in [-0.3, -0.25) is 9.59 Å². The SMILES string of the molecule is CNCCN(C)C(=O)CC1(CC(=O)O)CCCC1. The van der Waals surface area contributed by atoms with E-state index in [-0.39, 0.29) is 17.7 Å². The zero-order valence-corrected chi connectivity index (χ0v) is 11.4. The topological polar surface area (TPSA) is 69.6 Å². The lowest BCUT2D eigenvalue weighted by Crippen LogP contribution is -2.36. The molecule has 0 bridgehead atoms. The highest BCUT2D eigenvalue weighted by Gasteiger charge is 2.38. The number of carbonyl (C=O) groups excluding carboxylic acids is 1. The molecule has 1 fully saturated rings. The number of rotatable bonds is 7. The Balaban J connectivity index is 2.55. The Kier molecular flexibility index (Phi) is 5.59. The highest BCUT2D eigenvalue weighted by atomic mass is 16.4. The Morgan fingerprint density at radius 3 is 2.39 bits per heavy atom. The summed E-state index contributed by atoms with van der Waals surface area (Å²) >= 11 is 0. The molecule has 1 amide bonds. The summed E-state index contributed by atoms with van der Waals surface area (Å²) in [7, 11) is 3.63. The molecule has 0 aromatic carbocycles. The van der Waals surface area contributed by atoms with Gasteiger partial charge in [0, 0.05) is 26.6 Å². The van der Waals surface area contributed by atoms with Crippen molar-refractivity contribution in [2.24, 2.45) is 5.41 Å². The largest absolute Gasteiger partial charge is 0.481 e. The van der Waals surface area contributed by atoms with Crippen LogP contribution in [0, 0.1) is 5.41 Å². The lowest BCUT2D eigenvalue weighted by molar-refractivity contribution is -0.141. The predicted octanol–water partition coefficient (Wildman–Crippen LogP) is 1.09. The summed E-state index contributed by atoms with van der Waals surface area (Å²) in [5.74, 6) is -0.726. The first-order chi connectivity index (χ1) is 8.49. The van der Waals surface area contributed by atoms with Crippen LogP contribution in [0.3, 0.4) is 0 Å². The third kappa shape index (κ3) is 4.29. The minimum absolute atomic E-state index is 0.0633. The van der Waals surface area contributed by atoms with Crippen molar-refractivity contribution in [3.63, 3.8) is 0 Å². The van der Waals surface area contributed by atoms with E-state index in [1.54, 1.807) is 11.9 Å². The van der Waals surface area contributed by atoms with Crippen LogP contribution >= 0.6 is 0 Å². The second-order valence-electron chi connectivity index (χ2n) is 5.37. The maximum absolute atomic E-state index is 12.1. The lowest BCUT2D eigenvalue weighted by atomic mass is 9.79. The fourth-order valence-electron chi connectivity index (χ4n) is 2.72. The molecule has 104 valence electrons. The van der Waals surface area contributed by atoms with Crippen LogP contribution in [0.25, 0.3) is 0 Å². The number of likely N-dealkylation sites (N-methyl/N-ethyl adjacent to an activating group) is 2. The van der Waals surface area contributed by atoms with Gasteiger partial charge in [0.25, 0.3) is 0 Å². The van der Waals surface area contributed by atoms with Crippen molar-refractivity contribution in [3.05, 3.63) is 0 Å². The quantitative estimate of drug-likeness (QED) is 0.715. The van der Waals surface area contributed by atoms with E-state index in [9.17, 15) is 9.59 Å². The maximum atomic E-state index is 12.1. The summed E-state index contributed by atoms with van der Waals surface area (Å²) in [5, 5.41) is 12.0. The summed E-state index contributed by atoms with van der Waals surface area (Å²) in [4.78, 5) is 24.7. The molecule has 0 aliphatic heterocycles. The third-order valence-electron chi connectivity index (χ3n) is 3.84. The van der Waals surface area contributed by atoms with Crippen molar-refractivity contribution >= 4 is 11.9 Å². The van der Waals surface area contributed by atoms with Crippen molar-refractivity contribution < 1.29 is 14.7 Å². The molecule has 1 aliphatic carbocycles. The van der Waals surface area contributed by atoms with Gasteiger partial charge in [-0.05, 0) is 25.3 Å². The third-order valence-corrected chi connectivity index (χ3v) is 3.84. The van der Waals surface area contributed by atoms with Crippen LogP contribution in [0.1, 0.15) is 38.5 Å². The van der Waals surface area contributed by atoms with Gasteiger partial charge in [0.2, 0.25) is 5.91 Å². The Hall–Kier alpha value is -1.10. The molecule has 0 spiro atoms. The second kappa shape index (κ2) is 6.73. The van der Waals surface area contributed by atoms with Gasteiger partial charge >= 0.3 is 5.97 Å². The molecule has 1 rings (SSSR count). The van der Waals surface area contributed by atoms with Crippen molar-refractivity contribution in [2.45, 2.75) is 38.5 Å². The molecule has 0 saturated heterocycles. The highest BCUT2D eigenvalue weighted by Crippen LogP contribution is 2.44. The number of hydrogen-bond acceptors (Lipinski definition) is 3. The van der Waals surface area contributed by atoms with E-state index in [0.29, 0.717) is 13.0 Å². The molecule has 0 atom stereocenters. The number of amides is 1. The van der Waals surface area contributed by atoms with Gasteiger partial charge in [0.15, 0.2) is 0 Å². The molecular weight excluding hydrogens is 232 g/mol. The van der Waals surface area contributed by atoms with Crippen LogP contribution in [-0.4, -0.2) is 49.1 Å². The van der Waals surface area contributed by atoms with E-state index in [1.807, 2.05) is 7.05 Å². The van der Waals surface area contributed by atoms with E-state index >= 15 is 0 Å². The van der Waals surface area contributed by atoms with Gasteiger partial charge in [-0.2, -0.15) is 0 Å². The molecule has 5 nitrogen and oxygen atoms in total. The Morgan fingerprint density at radius 2 is 1.89 bits per heavy atom. The highest BCUT2D eigenvalue weighted by molar-refractivity contribution is 5.78. The number of carboxylic acids is 1. The smallest absolute Gasteiger partial charge is 0.303 e. The van der Waals surface area contributed by atoms with Crippen LogP contribution in [0.15, 0.2) is 0 Å². The number of carboxylic acid groups (broad SMARTS) is 1. The summed E-state index contributed by atoms with van der Waals surface area (Å²) in [5.41, 5.74) is -0.295. The van der Waals surface area contributed by atoms with Crippen molar-refractivity contribution in [1.29, 1.82) is 0 Å². The number of hydrogen-bond donors (Lipinski definition) is 2. The molecule has 2 N–H and O–H groups in total. The van der Waals surface area contributed by atoms with Crippen molar-refractivity contribution in [3.8, 4) is 0 Å². The number of nitrogens with zero attached hydrogens (tertiary/aromatic N) is 1. The summed E-state index contributed by atoms with van der Waals surface area (Å²) < 4.78 is 0. The lowest BCUT2D eigenvalue weighted by Gasteiger charge is -2.29. The maximum Gasteiger partial charge on any atom is 0.303 e. The van der Waals surface area contributed by atoms with Crippen LogP contribution in [-0.2, 0) is 9.59 Å². The molecular formula is C13H24N2O3. The first kappa shape index (κ1) is 15.0. The molecule has 0 aromatic rings. The predicted molar refractivity (Wildman–Crippen MR) is 69.3 cm³/mol. The molecule has 1 saturated carbocycles. The Morgan fingerprint density at radius 1 is 1.28 bits per heavy atom. The standard InChI is InChI=1S/C13H24N2O3/c1-14-7-8-15(2)11(16)9-13(10-12(17)18)5-3-4-6-13/h14H,3-10H2,1-2H3,(H,17,18). The van der Waals surface area contributed by atoms with E-state index in [2.05, 4.69) is 5.32 Å². The Bertz CT molecular complexity index is 299. The Labute approximate surface area is 109 Å². The average molecular weight is 256 g/mol. The molecule has 0 heterocycles. The van der Waals surface area contributed by atoms with Crippen molar-refractivity contribution in [1.82, 2.24) is 10.2 Å². The summed E-state index contributed by atoms with van der Waals surface area (Å²) in [6.45, 7) is 1.42. The van der Waals surface area contributed by atoms with E-state index in [1.165, 1.54) is 0 Å². The monoisotopic (exact) mass is 256 g/mol. The first-order valence-corrected chi connectivity index (χ1v) is 6.59. The van der Waals surface area contributed by atoms with E-state index in [0.717, 1.165) is 32.2 Å². The van der Waals surface area contributed by atoms with Gasteiger partial charge < -0.3 is 15.3 Å². The van der Waals surface area contributed by atoms with Crippen LogP contribution in [0.5, 0.6) is 0 Å². The number of aliphatic carboxylic acids is 1. The average Bonchev–Trinajstić information content (AvgIpc) is 2.72. The minimum atomic E-state index is -0.789. The summed E-state index contributed by atoms with van der Waals surface area (Å²) in [6, 6.07) is 0. The molecule has 5 heteroatoms. The normalized spacial score (nSPS) is 17.7. The molecule has 1 aliphatic rings. The van der Waals surface area contributed by atoms with Crippen LogP contribution in [0.4, 0.5) is 0 Å². The molecule has 0 aromatic heterocycles. The minimum Gasteiger partial charge on any atom is -0.481 e. The second-order valence-corrected chi connectivity index (χ2v) is 5.37. The molecule has 18 heavy (non-hydrogen) atoms. The zero-order valence-electron chi connectivity index (χ0n) is 11.4. The van der Waals surface area contributed by atoms with Crippen LogP contribution in [0.2, 0.25) is 0 Å². The van der Waals surface area contributed by atoms with E-state index in [4.69, 9.17) is 5.11 Å². The van der Waals surface area contributed by atoms with Gasteiger partial charge in [-0.25, -0.2) is 0 Å². The first-order valence-electron chi connectivity index (χ1n) is 6.59. The van der Waals surface area contributed by atoms with E-state index < -0.39 is 5.97 Å². The fourth-order valence-corrected chi connectivity index (χ4v) is 2.72. The van der Waals surface area contributed by atoms with Gasteiger partial charge in [0.1, 0.15) is 0 Å². The van der Waals surface area contributed by atoms with Crippen LogP contribution < -0.4 is 5.32 Å². The molecule has 0 radical (unpaired) electrons. The zero-order chi connectivity index (χ0) is 13.6. The van der Waals surface area contributed by atoms with Crippen molar-refractivity contribution in [2.75, 3.05) is 27.2 Å². The number of nitrogens with one attached hydrogen (secondary N) is 1. The van der Waals surface area contributed by atoms with Gasteiger partial charge in [-0.1, -0.05) is 12.8 Å². The summed E-state index contributed by atoms with van der Waals surface area (Å²) in [6.07, 6.45) is 4.31. The van der Waals surface area contributed by atoms with Gasteiger partial charge in [0.05, 0.1) is 6.42 Å². The fraction of sp³-hybridized carbons (Fsp3) is 0.846.